The molecule has 3 atom stereocenters. The molecule has 1 aliphatic rings. The first-order valence-corrected chi connectivity index (χ1v) is 8.96. The van der Waals surface area contributed by atoms with Crippen molar-refractivity contribution in [2.24, 2.45) is 0 Å². The highest BCUT2D eigenvalue weighted by molar-refractivity contribution is 7.99. The number of aliphatic hydroxyl groups excluding tert-OH is 2. The van der Waals surface area contributed by atoms with E-state index in [0.717, 1.165) is 12.2 Å². The molecule has 118 valence electrons. The van der Waals surface area contributed by atoms with Gasteiger partial charge in [-0.25, -0.2) is 4.79 Å². The van der Waals surface area contributed by atoms with Crippen molar-refractivity contribution in [2.45, 2.75) is 76.6 Å². The Morgan fingerprint density at radius 2 is 1.65 bits per heavy atom. The van der Waals surface area contributed by atoms with Gasteiger partial charge in [-0.05, 0) is 12.2 Å². The van der Waals surface area contributed by atoms with Gasteiger partial charge in [0, 0.05) is 5.75 Å². The van der Waals surface area contributed by atoms with Crippen LogP contribution in [0.4, 0.5) is 0 Å². The number of ether oxygens (including phenoxy) is 1. The number of cyclic esters (lactones) is 1. The molecule has 0 aliphatic carbocycles. The Labute approximate surface area is 126 Å². The molecule has 1 aliphatic heterocycles. The van der Waals surface area contributed by atoms with E-state index in [1.54, 1.807) is 11.8 Å². The van der Waals surface area contributed by atoms with Crippen molar-refractivity contribution in [3.8, 4) is 0 Å². The Kier molecular flexibility index (Phi) is 9.31. The van der Waals surface area contributed by atoms with Crippen LogP contribution in [0.3, 0.4) is 0 Å². The van der Waals surface area contributed by atoms with Crippen molar-refractivity contribution >= 4 is 17.7 Å². The number of thioether (sulfide) groups is 1. The second kappa shape index (κ2) is 10.5. The first-order chi connectivity index (χ1) is 9.66. The fraction of sp³-hybridized carbons (Fsp3) is 0.933. The predicted octanol–water partition coefficient (Wildman–Crippen LogP) is 2.51. The van der Waals surface area contributed by atoms with E-state index >= 15 is 0 Å². The minimum Gasteiger partial charge on any atom is -0.457 e. The van der Waals surface area contributed by atoms with Crippen LogP contribution in [0.15, 0.2) is 0 Å². The zero-order valence-corrected chi connectivity index (χ0v) is 13.2. The van der Waals surface area contributed by atoms with Crippen LogP contribution in [0.25, 0.3) is 0 Å². The van der Waals surface area contributed by atoms with E-state index < -0.39 is 24.3 Å². The fourth-order valence-electron chi connectivity index (χ4n) is 2.30. The standard InChI is InChI=1S/C15H28O4S/c1-2-3-4-5-6-7-8-9-10-20-11-12-13(16)14(17)15(18)19-12/h12-14,16-17H,2-11H2,1H3/t12-,13+,14-/m1/s1. The Bertz CT molecular complexity index is 273. The molecule has 0 saturated carbocycles. The average molecular weight is 304 g/mol. The molecule has 1 heterocycles. The van der Waals surface area contributed by atoms with Gasteiger partial charge in [0.15, 0.2) is 6.10 Å². The van der Waals surface area contributed by atoms with Crippen molar-refractivity contribution in [1.82, 2.24) is 0 Å². The van der Waals surface area contributed by atoms with Gasteiger partial charge in [-0.1, -0.05) is 51.9 Å². The lowest BCUT2D eigenvalue weighted by molar-refractivity contribution is -0.146. The second-order valence-corrected chi connectivity index (χ2v) is 6.61. The lowest BCUT2D eigenvalue weighted by atomic mass is 10.1. The number of rotatable bonds is 11. The van der Waals surface area contributed by atoms with Gasteiger partial charge in [-0.3, -0.25) is 0 Å². The maximum Gasteiger partial charge on any atom is 0.338 e. The van der Waals surface area contributed by atoms with Crippen LogP contribution < -0.4 is 0 Å². The van der Waals surface area contributed by atoms with Crippen LogP contribution in [-0.4, -0.2) is 46.0 Å². The van der Waals surface area contributed by atoms with E-state index in [9.17, 15) is 15.0 Å². The second-order valence-electron chi connectivity index (χ2n) is 5.46. The molecule has 1 rings (SSSR count). The Morgan fingerprint density at radius 3 is 2.20 bits per heavy atom. The Balaban J connectivity index is 1.89. The highest BCUT2D eigenvalue weighted by Crippen LogP contribution is 2.20. The molecule has 1 saturated heterocycles. The normalized spacial score (nSPS) is 25.9. The van der Waals surface area contributed by atoms with E-state index in [1.807, 2.05) is 0 Å². The summed E-state index contributed by atoms with van der Waals surface area (Å²) in [5.41, 5.74) is 0. The van der Waals surface area contributed by atoms with E-state index in [0.29, 0.717) is 5.75 Å². The molecular weight excluding hydrogens is 276 g/mol. The van der Waals surface area contributed by atoms with Crippen LogP contribution in [0.5, 0.6) is 0 Å². The molecule has 0 aromatic heterocycles. The minimum atomic E-state index is -1.36. The number of esters is 1. The molecule has 0 radical (unpaired) electrons. The number of hydrogen-bond donors (Lipinski definition) is 2. The summed E-state index contributed by atoms with van der Waals surface area (Å²) in [5, 5.41) is 18.8. The van der Waals surface area contributed by atoms with E-state index in [1.165, 1.54) is 44.9 Å². The molecule has 0 aromatic rings. The summed E-state index contributed by atoms with van der Waals surface area (Å²) < 4.78 is 4.91. The lowest BCUT2D eigenvalue weighted by Gasteiger charge is -2.12. The maximum atomic E-state index is 11.0. The van der Waals surface area contributed by atoms with E-state index in [4.69, 9.17) is 4.74 Å². The predicted molar refractivity (Wildman–Crippen MR) is 81.8 cm³/mol. The number of hydrogen-bond acceptors (Lipinski definition) is 5. The first-order valence-electron chi connectivity index (χ1n) is 7.81. The first kappa shape index (κ1) is 17.8. The topological polar surface area (TPSA) is 66.8 Å². The molecule has 2 N–H and O–H groups in total. The summed E-state index contributed by atoms with van der Waals surface area (Å²) in [5.74, 6) is 0.891. The van der Waals surface area contributed by atoms with Crippen molar-refractivity contribution in [3.63, 3.8) is 0 Å². The van der Waals surface area contributed by atoms with Crippen LogP contribution in [0, 0.1) is 0 Å². The van der Waals surface area contributed by atoms with Crippen LogP contribution in [-0.2, 0) is 9.53 Å². The number of unbranched alkanes of at least 4 members (excludes halogenated alkanes) is 7. The van der Waals surface area contributed by atoms with Crippen molar-refractivity contribution in [1.29, 1.82) is 0 Å². The third-order valence-corrected chi connectivity index (χ3v) is 4.78. The van der Waals surface area contributed by atoms with Crippen LogP contribution in [0.1, 0.15) is 58.3 Å². The van der Waals surface area contributed by atoms with Gasteiger partial charge in [0.05, 0.1) is 0 Å². The Morgan fingerprint density at radius 1 is 1.05 bits per heavy atom. The van der Waals surface area contributed by atoms with Gasteiger partial charge in [0.2, 0.25) is 0 Å². The third kappa shape index (κ3) is 6.46. The van der Waals surface area contributed by atoms with Crippen LogP contribution in [0.2, 0.25) is 0 Å². The zero-order chi connectivity index (χ0) is 14.8. The fourth-order valence-corrected chi connectivity index (χ4v) is 3.37. The molecule has 0 aromatic carbocycles. The molecule has 0 amide bonds. The molecule has 0 spiro atoms. The van der Waals surface area contributed by atoms with Crippen LogP contribution >= 0.6 is 11.8 Å². The van der Waals surface area contributed by atoms with E-state index in [2.05, 4.69) is 6.92 Å². The van der Waals surface area contributed by atoms with Gasteiger partial charge >= 0.3 is 5.97 Å². The number of carbonyl (C=O) groups is 1. The van der Waals surface area contributed by atoms with Gasteiger partial charge < -0.3 is 14.9 Å². The van der Waals surface area contributed by atoms with E-state index in [-0.39, 0.29) is 0 Å². The zero-order valence-electron chi connectivity index (χ0n) is 12.4. The highest BCUT2D eigenvalue weighted by Gasteiger charge is 2.42. The average Bonchev–Trinajstić information content (AvgIpc) is 2.68. The van der Waals surface area contributed by atoms with Gasteiger partial charge in [-0.15, -0.1) is 0 Å². The molecular formula is C15H28O4S. The number of aliphatic hydroxyl groups is 2. The Hall–Kier alpha value is -0.260. The van der Waals surface area contributed by atoms with Crippen molar-refractivity contribution in [3.05, 3.63) is 0 Å². The lowest BCUT2D eigenvalue weighted by Crippen LogP contribution is -2.32. The summed E-state index contributed by atoms with van der Waals surface area (Å²) in [7, 11) is 0. The molecule has 0 unspecified atom stereocenters. The summed E-state index contributed by atoms with van der Waals surface area (Å²) in [6, 6.07) is 0. The minimum absolute atomic E-state index is 0.545. The highest BCUT2D eigenvalue weighted by atomic mass is 32.2. The van der Waals surface area contributed by atoms with Crippen molar-refractivity contribution in [2.75, 3.05) is 11.5 Å². The SMILES string of the molecule is CCCCCCCCCCSC[C@H]1OC(=O)[C@H](O)[C@H]1O. The molecule has 0 bridgehead atoms. The summed E-state index contributed by atoms with van der Waals surface area (Å²) in [6.45, 7) is 2.23. The summed E-state index contributed by atoms with van der Waals surface area (Å²) in [4.78, 5) is 11.0. The third-order valence-electron chi connectivity index (χ3n) is 3.64. The molecule has 1 fully saturated rings. The van der Waals surface area contributed by atoms with Gasteiger partial charge in [0.1, 0.15) is 12.2 Å². The van der Waals surface area contributed by atoms with Gasteiger partial charge in [-0.2, -0.15) is 11.8 Å². The summed E-state index contributed by atoms with van der Waals surface area (Å²) >= 11 is 1.68. The molecule has 5 heteroatoms. The monoisotopic (exact) mass is 304 g/mol. The molecule has 20 heavy (non-hydrogen) atoms. The quantitative estimate of drug-likeness (QED) is 0.453. The molecule has 4 nitrogen and oxygen atoms in total. The number of carbonyl (C=O) groups excluding carboxylic acids is 1. The van der Waals surface area contributed by atoms with Crippen molar-refractivity contribution < 1.29 is 19.7 Å². The maximum absolute atomic E-state index is 11.0. The summed E-state index contributed by atoms with van der Waals surface area (Å²) in [6.07, 6.45) is 7.43. The largest absolute Gasteiger partial charge is 0.457 e. The van der Waals surface area contributed by atoms with Gasteiger partial charge in [0.25, 0.3) is 0 Å². The smallest absolute Gasteiger partial charge is 0.338 e.